The molecule has 1 heterocycles. The minimum atomic E-state index is -0.486. The van der Waals surface area contributed by atoms with Crippen LogP contribution in [0.5, 0.6) is 5.75 Å². The Hall–Kier alpha value is -2.40. The third-order valence-corrected chi connectivity index (χ3v) is 6.78. The van der Waals surface area contributed by atoms with Gasteiger partial charge in [0.15, 0.2) is 8.29 Å². The van der Waals surface area contributed by atoms with Crippen LogP contribution in [0.15, 0.2) is 52.9 Å². The first-order valence-electron chi connectivity index (χ1n) is 9.09. The summed E-state index contributed by atoms with van der Waals surface area (Å²) in [4.78, 5) is 25.8. The molecule has 7 nitrogen and oxygen atoms in total. The number of hydrogen-bond donors (Lipinski definition) is 1. The number of carbonyl (C=O) groups excluding carboxylic acids is 2. The van der Waals surface area contributed by atoms with E-state index in [1.165, 1.54) is 35.1 Å². The molecular weight excluding hydrogens is 476 g/mol. The molecule has 2 N–H and O–H groups in total. The number of nitrogens with two attached hydrogens (primary N) is 1. The van der Waals surface area contributed by atoms with E-state index in [1.807, 2.05) is 18.2 Å². The van der Waals surface area contributed by atoms with Crippen LogP contribution in [0.4, 0.5) is 5.69 Å². The van der Waals surface area contributed by atoms with Crippen molar-refractivity contribution in [3.63, 3.8) is 0 Å². The van der Waals surface area contributed by atoms with Gasteiger partial charge in [-0.3, -0.25) is 9.59 Å². The molecule has 2 aromatic carbocycles. The summed E-state index contributed by atoms with van der Waals surface area (Å²) < 4.78 is 8.22. The third kappa shape index (κ3) is 6.07. The topological polar surface area (TPSA) is 90.4 Å². The molecule has 0 bridgehead atoms. The van der Waals surface area contributed by atoms with Crippen molar-refractivity contribution < 1.29 is 14.3 Å². The van der Waals surface area contributed by atoms with E-state index in [9.17, 15) is 9.59 Å². The molecule has 0 fully saturated rings. The molecule has 0 aliphatic carbocycles. The molecule has 0 unspecified atom stereocenters. The molecule has 162 valence electrons. The van der Waals surface area contributed by atoms with Gasteiger partial charge >= 0.3 is 0 Å². The smallest absolute Gasteiger partial charge is 0.237 e. The molecule has 0 saturated carbocycles. The van der Waals surface area contributed by atoms with E-state index in [0.29, 0.717) is 24.8 Å². The molecule has 3 aromatic rings. The van der Waals surface area contributed by atoms with Crippen LogP contribution in [0.3, 0.4) is 0 Å². The first kappa shape index (κ1) is 23.3. The summed E-state index contributed by atoms with van der Waals surface area (Å²) in [6, 6.07) is 14.3. The van der Waals surface area contributed by atoms with E-state index in [1.54, 1.807) is 35.0 Å². The van der Waals surface area contributed by atoms with Crippen LogP contribution in [0.25, 0.3) is 5.69 Å². The number of halogens is 1. The average molecular weight is 495 g/mol. The number of methoxy groups -OCH3 is 1. The zero-order valence-corrected chi connectivity index (χ0v) is 19.7. The van der Waals surface area contributed by atoms with Crippen molar-refractivity contribution >= 4 is 64.4 Å². The van der Waals surface area contributed by atoms with Gasteiger partial charge in [-0.05, 0) is 48.6 Å². The van der Waals surface area contributed by atoms with Crippen molar-refractivity contribution in [1.29, 1.82) is 0 Å². The zero-order chi connectivity index (χ0) is 22.4. The largest absolute Gasteiger partial charge is 0.495 e. The number of ether oxygens (including phenoxy) is 1. The Labute approximate surface area is 197 Å². The lowest BCUT2D eigenvalue weighted by Crippen LogP contribution is -2.35. The maximum absolute atomic E-state index is 13.0. The Morgan fingerprint density at radius 2 is 1.97 bits per heavy atom. The van der Waals surface area contributed by atoms with Gasteiger partial charge < -0.3 is 15.4 Å². The van der Waals surface area contributed by atoms with Gasteiger partial charge in [-0.25, -0.2) is 4.68 Å². The van der Waals surface area contributed by atoms with E-state index in [-0.39, 0.29) is 24.6 Å². The first-order chi connectivity index (χ1) is 14.9. The average Bonchev–Trinajstić information content (AvgIpc) is 3.13. The molecule has 0 atom stereocenters. The van der Waals surface area contributed by atoms with E-state index in [2.05, 4.69) is 5.10 Å². The van der Waals surface area contributed by atoms with E-state index < -0.39 is 5.91 Å². The number of hydrogen-bond acceptors (Lipinski definition) is 7. The summed E-state index contributed by atoms with van der Waals surface area (Å²) >= 11 is 13.9. The van der Waals surface area contributed by atoms with Crippen LogP contribution >= 0.6 is 46.9 Å². The molecular formula is C20H19ClN4O3S3. The highest BCUT2D eigenvalue weighted by Gasteiger charge is 2.21. The number of nitrogens with zero attached hydrogens (tertiary/aromatic N) is 3. The fraction of sp³-hybridized carbons (Fsp3) is 0.200. The summed E-state index contributed by atoms with van der Waals surface area (Å²) in [6.45, 7) is 0.157. The highest BCUT2D eigenvalue weighted by atomic mass is 35.5. The molecule has 0 saturated heterocycles. The molecule has 2 amide bonds. The second-order valence-corrected chi connectivity index (χ2v) is 9.53. The summed E-state index contributed by atoms with van der Waals surface area (Å²) in [5.41, 5.74) is 6.67. The quantitative estimate of drug-likeness (QED) is 0.352. The number of carbonyl (C=O) groups is 2. The highest BCUT2D eigenvalue weighted by molar-refractivity contribution is 8.01. The van der Waals surface area contributed by atoms with Gasteiger partial charge in [-0.15, -0.1) is 5.10 Å². The van der Waals surface area contributed by atoms with Crippen molar-refractivity contribution in [3.8, 4) is 11.4 Å². The zero-order valence-electron chi connectivity index (χ0n) is 16.5. The summed E-state index contributed by atoms with van der Waals surface area (Å²) in [5, 5.41) is 5.13. The van der Waals surface area contributed by atoms with Gasteiger partial charge in [-0.2, -0.15) is 0 Å². The van der Waals surface area contributed by atoms with Crippen molar-refractivity contribution in [1.82, 2.24) is 9.78 Å². The lowest BCUT2D eigenvalue weighted by Gasteiger charge is -2.24. The van der Waals surface area contributed by atoms with Crippen LogP contribution in [0.2, 0.25) is 5.02 Å². The number of primary amides is 1. The van der Waals surface area contributed by atoms with E-state index in [4.69, 9.17) is 34.3 Å². The fourth-order valence-corrected chi connectivity index (χ4v) is 5.08. The predicted octanol–water partition coefficient (Wildman–Crippen LogP) is 4.33. The Kier molecular flexibility index (Phi) is 8.08. The second kappa shape index (κ2) is 10.8. The van der Waals surface area contributed by atoms with Gasteiger partial charge in [-0.1, -0.05) is 46.8 Å². The minimum absolute atomic E-state index is 0.0403. The molecule has 0 aliphatic heterocycles. The number of rotatable bonds is 9. The van der Waals surface area contributed by atoms with Gasteiger partial charge in [0, 0.05) is 18.0 Å². The molecule has 11 heteroatoms. The number of thioether (sulfide) groups is 1. The van der Waals surface area contributed by atoms with Gasteiger partial charge in [0.2, 0.25) is 11.8 Å². The van der Waals surface area contributed by atoms with Gasteiger partial charge in [0.1, 0.15) is 5.75 Å². The second-order valence-electron chi connectivity index (χ2n) is 6.24. The minimum Gasteiger partial charge on any atom is -0.495 e. The molecule has 0 radical (unpaired) electrons. The lowest BCUT2D eigenvalue weighted by molar-refractivity contribution is -0.118. The summed E-state index contributed by atoms with van der Waals surface area (Å²) in [7, 11) is 1.53. The Bertz CT molecular complexity index is 1130. The molecule has 3 rings (SSSR count). The number of anilines is 1. The molecule has 31 heavy (non-hydrogen) atoms. The monoisotopic (exact) mass is 494 g/mol. The normalized spacial score (nSPS) is 10.6. The molecule has 0 spiro atoms. The Balaban J connectivity index is 1.76. The fourth-order valence-electron chi connectivity index (χ4n) is 2.72. The van der Waals surface area contributed by atoms with Crippen LogP contribution in [0, 0.1) is 3.95 Å². The Morgan fingerprint density at radius 1 is 1.26 bits per heavy atom. The van der Waals surface area contributed by atoms with Crippen LogP contribution in [0.1, 0.15) is 6.42 Å². The van der Waals surface area contributed by atoms with Gasteiger partial charge in [0.25, 0.3) is 0 Å². The first-order valence-corrected chi connectivity index (χ1v) is 11.7. The van der Waals surface area contributed by atoms with Crippen LogP contribution < -0.4 is 15.4 Å². The predicted molar refractivity (Wildman–Crippen MR) is 127 cm³/mol. The van der Waals surface area contributed by atoms with Crippen LogP contribution in [-0.2, 0) is 9.59 Å². The number of benzene rings is 2. The molecule has 0 aliphatic rings. The number of aromatic nitrogens is 2. The van der Waals surface area contributed by atoms with Crippen LogP contribution in [-0.4, -0.2) is 41.0 Å². The number of amides is 2. The third-order valence-electron chi connectivity index (χ3n) is 4.18. The van der Waals surface area contributed by atoms with Crippen molar-refractivity contribution in [2.45, 2.75) is 10.8 Å². The standard InChI is InChI=1S/C20H19ClN4O3S3/c1-28-16-5-3-2-4-15(16)24(11-10-17(22)26)18(27)12-30-19-23-25(20(29)31-19)14-8-6-13(21)7-9-14/h2-9H,10-12H2,1H3,(H2,22,26). The maximum atomic E-state index is 13.0. The summed E-state index contributed by atoms with van der Waals surface area (Å²) in [5.74, 6) is -0.0392. The van der Waals surface area contributed by atoms with Gasteiger partial charge in [0.05, 0.1) is 24.2 Å². The SMILES string of the molecule is COc1ccccc1N(CCC(N)=O)C(=O)CSc1nn(-c2ccc(Cl)cc2)c(=S)s1. The Morgan fingerprint density at radius 3 is 2.65 bits per heavy atom. The highest BCUT2D eigenvalue weighted by Crippen LogP contribution is 2.30. The van der Waals surface area contributed by atoms with E-state index in [0.717, 1.165) is 5.69 Å². The molecule has 1 aromatic heterocycles. The van der Waals surface area contributed by atoms with Crippen molar-refractivity contribution in [2.24, 2.45) is 5.73 Å². The lowest BCUT2D eigenvalue weighted by atomic mass is 10.2. The summed E-state index contributed by atoms with van der Waals surface area (Å²) in [6.07, 6.45) is 0.0403. The van der Waals surface area contributed by atoms with E-state index >= 15 is 0 Å². The maximum Gasteiger partial charge on any atom is 0.237 e. The number of para-hydroxylation sites is 2. The van der Waals surface area contributed by atoms with Crippen molar-refractivity contribution in [2.75, 3.05) is 24.3 Å². The van der Waals surface area contributed by atoms with Crippen molar-refractivity contribution in [3.05, 3.63) is 57.5 Å².